The van der Waals surface area contributed by atoms with Crippen LogP contribution < -0.4 is 11.1 Å². The Bertz CT molecular complexity index is 694. The first-order valence-corrected chi connectivity index (χ1v) is 7.42. The predicted octanol–water partition coefficient (Wildman–Crippen LogP) is 2.03. The number of imide groups is 1. The van der Waals surface area contributed by atoms with Crippen molar-refractivity contribution in [2.45, 2.75) is 31.2 Å². The van der Waals surface area contributed by atoms with Crippen LogP contribution in [0, 0.1) is 13.8 Å². The lowest BCUT2D eigenvalue weighted by molar-refractivity contribution is -0.119. The molecule has 0 fully saturated rings. The highest BCUT2D eigenvalue weighted by Gasteiger charge is 2.19. The number of nitrogens with zero attached hydrogens (tertiary/aromatic N) is 2. The van der Waals surface area contributed by atoms with Crippen LogP contribution in [0.4, 0.5) is 4.79 Å². The minimum Gasteiger partial charge on any atom is -0.411 e. The smallest absolute Gasteiger partial charge is 0.318 e. The maximum atomic E-state index is 11.6. The fourth-order valence-electron chi connectivity index (χ4n) is 1.90. The zero-order valence-corrected chi connectivity index (χ0v) is 13.2. The first kappa shape index (κ1) is 16.0. The van der Waals surface area contributed by atoms with Crippen molar-refractivity contribution in [2.24, 2.45) is 5.73 Å². The largest absolute Gasteiger partial charge is 0.411 e. The fraction of sp³-hybridized carbons (Fsp3) is 0.286. The average Bonchev–Trinajstić information content (AvgIpc) is 2.85. The molecule has 0 radical (unpaired) electrons. The molecule has 1 aromatic carbocycles. The van der Waals surface area contributed by atoms with Gasteiger partial charge in [-0.25, -0.2) is 4.79 Å². The van der Waals surface area contributed by atoms with Gasteiger partial charge in [0.1, 0.15) is 0 Å². The molecule has 3 N–H and O–H groups in total. The van der Waals surface area contributed by atoms with Crippen molar-refractivity contribution in [3.05, 3.63) is 29.3 Å². The predicted molar refractivity (Wildman–Crippen MR) is 82.3 cm³/mol. The molecule has 2 rings (SSSR count). The topological polar surface area (TPSA) is 111 Å². The summed E-state index contributed by atoms with van der Waals surface area (Å²) >= 11 is 1.06. The van der Waals surface area contributed by atoms with Crippen LogP contribution in [0.1, 0.15) is 18.1 Å². The summed E-state index contributed by atoms with van der Waals surface area (Å²) in [4.78, 5) is 22.3. The molecule has 0 spiro atoms. The molecule has 0 saturated heterocycles. The lowest BCUT2D eigenvalue weighted by atomic mass is 10.1. The van der Waals surface area contributed by atoms with Gasteiger partial charge in [0.05, 0.1) is 5.25 Å². The first-order chi connectivity index (χ1) is 10.3. The molecule has 1 heterocycles. The van der Waals surface area contributed by atoms with E-state index in [1.165, 1.54) is 0 Å². The van der Waals surface area contributed by atoms with Crippen molar-refractivity contribution in [1.29, 1.82) is 0 Å². The highest BCUT2D eigenvalue weighted by molar-refractivity contribution is 8.00. The van der Waals surface area contributed by atoms with Crippen LogP contribution in [-0.2, 0) is 4.79 Å². The van der Waals surface area contributed by atoms with E-state index in [-0.39, 0.29) is 5.22 Å². The van der Waals surface area contributed by atoms with Gasteiger partial charge in [-0.05, 0) is 32.9 Å². The average molecular weight is 320 g/mol. The van der Waals surface area contributed by atoms with Crippen molar-refractivity contribution in [1.82, 2.24) is 15.5 Å². The Morgan fingerprint density at radius 1 is 1.23 bits per heavy atom. The maximum absolute atomic E-state index is 11.6. The number of urea groups is 1. The Balaban J connectivity index is 2.11. The third kappa shape index (κ3) is 4.08. The van der Waals surface area contributed by atoms with E-state index in [9.17, 15) is 9.59 Å². The zero-order chi connectivity index (χ0) is 16.3. The van der Waals surface area contributed by atoms with Gasteiger partial charge in [-0.1, -0.05) is 29.0 Å². The number of thioether (sulfide) groups is 1. The normalized spacial score (nSPS) is 12.0. The molecule has 0 aliphatic carbocycles. The van der Waals surface area contributed by atoms with E-state index in [2.05, 4.69) is 10.2 Å². The number of carbonyl (C=O) groups excluding carboxylic acids is 2. The molecule has 0 unspecified atom stereocenters. The Morgan fingerprint density at radius 3 is 2.45 bits per heavy atom. The molecule has 1 aromatic heterocycles. The molecule has 0 aliphatic rings. The number of aryl methyl sites for hydroxylation is 2. The Hall–Kier alpha value is -2.35. The van der Waals surface area contributed by atoms with Gasteiger partial charge < -0.3 is 10.2 Å². The van der Waals surface area contributed by atoms with Gasteiger partial charge >= 0.3 is 6.03 Å². The third-order valence-corrected chi connectivity index (χ3v) is 3.70. The zero-order valence-electron chi connectivity index (χ0n) is 12.4. The van der Waals surface area contributed by atoms with Crippen LogP contribution >= 0.6 is 11.8 Å². The SMILES string of the molecule is Cc1cc(C)cc(-c2nnc(S[C@@H](C)C(=O)NC(N)=O)o2)c1. The van der Waals surface area contributed by atoms with Gasteiger partial charge in [-0.2, -0.15) is 0 Å². The van der Waals surface area contributed by atoms with Crippen LogP contribution in [0.15, 0.2) is 27.8 Å². The standard InChI is InChI=1S/C14H16N4O3S/c1-7-4-8(2)6-10(5-7)12-17-18-14(21-12)22-9(3)11(19)16-13(15)20/h4-6,9H,1-3H3,(H3,15,16,19,20)/t9-/m0/s1. The van der Waals surface area contributed by atoms with Crippen LogP contribution in [-0.4, -0.2) is 27.4 Å². The number of nitrogens with one attached hydrogen (secondary N) is 1. The number of carbonyl (C=O) groups is 2. The molecule has 22 heavy (non-hydrogen) atoms. The van der Waals surface area contributed by atoms with Crippen LogP contribution in [0.5, 0.6) is 0 Å². The number of benzene rings is 1. The summed E-state index contributed by atoms with van der Waals surface area (Å²) in [5, 5.41) is 9.56. The number of hydrogen-bond donors (Lipinski definition) is 2. The number of primary amides is 1. The molecular weight excluding hydrogens is 304 g/mol. The van der Waals surface area contributed by atoms with Gasteiger partial charge in [0.15, 0.2) is 0 Å². The van der Waals surface area contributed by atoms with Gasteiger partial charge in [-0.3, -0.25) is 10.1 Å². The first-order valence-electron chi connectivity index (χ1n) is 6.54. The summed E-state index contributed by atoms with van der Waals surface area (Å²) in [6.07, 6.45) is 0. The number of amides is 3. The fourth-order valence-corrected chi connectivity index (χ4v) is 2.58. The molecule has 2 aromatic rings. The summed E-state index contributed by atoms with van der Waals surface area (Å²) in [5.74, 6) is -0.125. The van der Waals surface area contributed by atoms with E-state index >= 15 is 0 Å². The summed E-state index contributed by atoms with van der Waals surface area (Å²) in [7, 11) is 0. The summed E-state index contributed by atoms with van der Waals surface area (Å²) in [6.45, 7) is 5.58. The quantitative estimate of drug-likeness (QED) is 0.834. The molecule has 0 aliphatic heterocycles. The van der Waals surface area contributed by atoms with Gasteiger partial charge in [0.25, 0.3) is 5.22 Å². The monoisotopic (exact) mass is 320 g/mol. The lowest BCUT2D eigenvalue weighted by Crippen LogP contribution is -2.39. The van der Waals surface area contributed by atoms with Gasteiger partial charge in [0.2, 0.25) is 11.8 Å². The highest BCUT2D eigenvalue weighted by atomic mass is 32.2. The minimum atomic E-state index is -0.890. The second-order valence-corrected chi connectivity index (χ2v) is 6.16. The molecule has 116 valence electrons. The van der Waals surface area contributed by atoms with E-state index in [0.717, 1.165) is 28.5 Å². The van der Waals surface area contributed by atoms with Crippen molar-refractivity contribution in [3.63, 3.8) is 0 Å². The number of aromatic nitrogens is 2. The number of nitrogens with two attached hydrogens (primary N) is 1. The van der Waals surface area contributed by atoms with Crippen molar-refractivity contribution in [2.75, 3.05) is 0 Å². The minimum absolute atomic E-state index is 0.251. The lowest BCUT2D eigenvalue weighted by Gasteiger charge is -2.06. The van der Waals surface area contributed by atoms with E-state index in [1.54, 1.807) is 6.92 Å². The maximum Gasteiger partial charge on any atom is 0.318 e. The van der Waals surface area contributed by atoms with E-state index in [0.29, 0.717) is 5.89 Å². The van der Waals surface area contributed by atoms with Crippen molar-refractivity contribution >= 4 is 23.7 Å². The Labute approximate surface area is 131 Å². The van der Waals surface area contributed by atoms with Crippen LogP contribution in [0.2, 0.25) is 0 Å². The van der Waals surface area contributed by atoms with E-state index in [1.807, 2.05) is 37.4 Å². The van der Waals surface area contributed by atoms with Crippen molar-refractivity contribution < 1.29 is 14.0 Å². The Morgan fingerprint density at radius 2 is 1.86 bits per heavy atom. The molecule has 1 atom stereocenters. The number of rotatable bonds is 4. The highest BCUT2D eigenvalue weighted by Crippen LogP contribution is 2.27. The van der Waals surface area contributed by atoms with Crippen LogP contribution in [0.3, 0.4) is 0 Å². The third-order valence-electron chi connectivity index (χ3n) is 2.77. The van der Waals surface area contributed by atoms with Crippen molar-refractivity contribution in [3.8, 4) is 11.5 Å². The van der Waals surface area contributed by atoms with Gasteiger partial charge in [0, 0.05) is 5.56 Å². The summed E-state index contributed by atoms with van der Waals surface area (Å²) in [6, 6.07) is 5.04. The summed E-state index contributed by atoms with van der Waals surface area (Å²) < 4.78 is 5.55. The molecule has 8 heteroatoms. The second kappa shape index (κ2) is 6.61. The van der Waals surface area contributed by atoms with E-state index < -0.39 is 17.2 Å². The summed E-state index contributed by atoms with van der Waals surface area (Å²) in [5.41, 5.74) is 7.91. The molecule has 0 saturated carbocycles. The molecule has 7 nitrogen and oxygen atoms in total. The van der Waals surface area contributed by atoms with Crippen LogP contribution in [0.25, 0.3) is 11.5 Å². The van der Waals surface area contributed by atoms with E-state index in [4.69, 9.17) is 10.2 Å². The number of hydrogen-bond acceptors (Lipinski definition) is 6. The Kier molecular flexibility index (Phi) is 4.81. The molecule has 0 bridgehead atoms. The van der Waals surface area contributed by atoms with Gasteiger partial charge in [-0.15, -0.1) is 10.2 Å². The second-order valence-electron chi connectivity index (χ2n) is 4.86. The molecule has 3 amide bonds. The molecular formula is C14H16N4O3S.